The molecule has 0 unspecified atom stereocenters. The Morgan fingerprint density at radius 2 is 1.41 bits per heavy atom. The fourth-order valence-electron chi connectivity index (χ4n) is 9.34. The Morgan fingerprint density at radius 3 is 2.00 bits per heavy atom. The van der Waals surface area contributed by atoms with E-state index in [9.17, 15) is 14.4 Å². The van der Waals surface area contributed by atoms with E-state index in [-0.39, 0.29) is 23.8 Å². The molecular formula is C30H40N4O3. The first-order valence-electron chi connectivity index (χ1n) is 14.7. The van der Waals surface area contributed by atoms with Gasteiger partial charge in [0.1, 0.15) is 12.1 Å². The highest BCUT2D eigenvalue weighted by Gasteiger charge is 2.58. The van der Waals surface area contributed by atoms with Crippen LogP contribution in [0.15, 0.2) is 30.3 Å². The monoisotopic (exact) mass is 504 g/mol. The van der Waals surface area contributed by atoms with Gasteiger partial charge in [0, 0.05) is 31.9 Å². The lowest BCUT2D eigenvalue weighted by Crippen LogP contribution is -2.61. The van der Waals surface area contributed by atoms with Crippen molar-refractivity contribution in [3.05, 3.63) is 30.3 Å². The van der Waals surface area contributed by atoms with Crippen molar-refractivity contribution in [3.63, 3.8) is 0 Å². The molecule has 1 aromatic carbocycles. The predicted octanol–water partition coefficient (Wildman–Crippen LogP) is 3.49. The maximum Gasteiger partial charge on any atom is 0.250 e. The van der Waals surface area contributed by atoms with Crippen molar-refractivity contribution in [3.8, 4) is 0 Å². The molecule has 0 radical (unpaired) electrons. The number of rotatable bonds is 4. The first-order chi connectivity index (χ1) is 18.0. The number of likely N-dealkylation sites (tertiary alicyclic amines) is 2. The Morgan fingerprint density at radius 1 is 0.811 bits per heavy atom. The third-order valence-electron chi connectivity index (χ3n) is 10.7. The van der Waals surface area contributed by atoms with Crippen LogP contribution >= 0.6 is 0 Å². The van der Waals surface area contributed by atoms with E-state index < -0.39 is 5.54 Å². The van der Waals surface area contributed by atoms with Crippen LogP contribution in [-0.2, 0) is 14.4 Å². The normalized spacial score (nSPS) is 34.2. The van der Waals surface area contributed by atoms with E-state index >= 15 is 0 Å². The van der Waals surface area contributed by atoms with Crippen LogP contribution in [0.25, 0.3) is 0 Å². The molecule has 3 aliphatic heterocycles. The lowest BCUT2D eigenvalue weighted by atomic mass is 9.49. The van der Waals surface area contributed by atoms with Gasteiger partial charge in [-0.15, -0.1) is 0 Å². The van der Waals surface area contributed by atoms with Gasteiger partial charge in [-0.05, 0) is 94.1 Å². The van der Waals surface area contributed by atoms with Crippen LogP contribution in [0.5, 0.6) is 0 Å². The van der Waals surface area contributed by atoms with E-state index in [1.54, 1.807) is 4.90 Å². The topological polar surface area (TPSA) is 64.2 Å². The third kappa shape index (κ3) is 3.78. The average molecular weight is 505 g/mol. The Balaban J connectivity index is 1.10. The highest BCUT2D eigenvalue weighted by atomic mass is 16.2. The third-order valence-corrected chi connectivity index (χ3v) is 10.7. The van der Waals surface area contributed by atoms with E-state index in [1.165, 1.54) is 19.3 Å². The molecule has 37 heavy (non-hydrogen) atoms. The van der Waals surface area contributed by atoms with Crippen molar-refractivity contribution in [2.75, 3.05) is 44.3 Å². The largest absolute Gasteiger partial charge is 0.342 e. The Kier molecular flexibility index (Phi) is 5.56. The summed E-state index contributed by atoms with van der Waals surface area (Å²) in [7, 11) is 0. The van der Waals surface area contributed by atoms with Gasteiger partial charge >= 0.3 is 0 Å². The number of amides is 3. The molecule has 4 aliphatic carbocycles. The van der Waals surface area contributed by atoms with E-state index in [0.717, 1.165) is 68.6 Å². The van der Waals surface area contributed by atoms with Gasteiger partial charge in [-0.25, -0.2) is 0 Å². The minimum Gasteiger partial charge on any atom is -0.342 e. The molecule has 7 heteroatoms. The summed E-state index contributed by atoms with van der Waals surface area (Å²) in [6, 6.07) is 10.1. The Hall–Kier alpha value is -2.57. The van der Waals surface area contributed by atoms with Gasteiger partial charge < -0.3 is 19.6 Å². The van der Waals surface area contributed by atoms with Crippen LogP contribution in [0.4, 0.5) is 5.69 Å². The number of carbonyl (C=O) groups excluding carboxylic acids is 3. The zero-order valence-electron chi connectivity index (χ0n) is 21.9. The van der Waals surface area contributed by atoms with Crippen molar-refractivity contribution in [2.24, 2.45) is 23.2 Å². The Bertz CT molecular complexity index is 1040. The van der Waals surface area contributed by atoms with Gasteiger partial charge in [0.2, 0.25) is 11.8 Å². The lowest BCUT2D eigenvalue weighted by molar-refractivity contribution is -0.160. The van der Waals surface area contributed by atoms with Crippen LogP contribution in [0.1, 0.15) is 64.2 Å². The van der Waals surface area contributed by atoms with Crippen molar-refractivity contribution in [2.45, 2.75) is 69.7 Å². The first-order valence-corrected chi connectivity index (χ1v) is 14.7. The summed E-state index contributed by atoms with van der Waals surface area (Å²) in [5, 5.41) is 0. The summed E-state index contributed by atoms with van der Waals surface area (Å²) in [6.45, 7) is 3.45. The van der Waals surface area contributed by atoms with Crippen molar-refractivity contribution in [1.29, 1.82) is 0 Å². The minimum absolute atomic E-state index is 0.0605. The SMILES string of the molecule is O=C(CN1CN(c2ccccc2)C2(CCN(C(=O)C34CC5CC(CC(C5)C3)C4)CC2)C1=O)N1CCCC1. The number of hydrogen-bond donors (Lipinski definition) is 0. The van der Waals surface area contributed by atoms with Gasteiger partial charge in [-0.3, -0.25) is 14.4 Å². The molecule has 1 aromatic rings. The maximum atomic E-state index is 14.0. The second kappa shape index (κ2) is 8.74. The van der Waals surface area contributed by atoms with Crippen LogP contribution in [0.2, 0.25) is 0 Å². The summed E-state index contributed by atoms with van der Waals surface area (Å²) < 4.78 is 0. The molecule has 7 fully saturated rings. The van der Waals surface area contributed by atoms with Crippen LogP contribution < -0.4 is 4.90 Å². The van der Waals surface area contributed by atoms with Crippen LogP contribution in [-0.4, -0.2) is 77.4 Å². The molecule has 4 bridgehead atoms. The number of piperidine rings is 1. The molecule has 3 saturated heterocycles. The predicted molar refractivity (Wildman–Crippen MR) is 140 cm³/mol. The smallest absolute Gasteiger partial charge is 0.250 e. The summed E-state index contributed by atoms with van der Waals surface area (Å²) in [6.07, 6.45) is 10.6. The molecule has 0 N–H and O–H groups in total. The van der Waals surface area contributed by atoms with Crippen molar-refractivity contribution >= 4 is 23.4 Å². The van der Waals surface area contributed by atoms with E-state index in [4.69, 9.17) is 0 Å². The molecule has 3 heterocycles. The second-order valence-electron chi connectivity index (χ2n) is 13.0. The number of benzene rings is 1. The number of hydrogen-bond acceptors (Lipinski definition) is 4. The standard InChI is InChI=1S/C30H40N4O3/c35-26(31-10-4-5-11-31)20-33-21-34(25-6-2-1-3-7-25)30(28(33)37)8-12-32(13-9-30)27(36)29-17-22-14-23(18-29)16-24(15-22)19-29/h1-3,6-7,22-24H,4-5,8-21H2. The number of anilines is 1. The molecule has 3 amide bonds. The van der Waals surface area contributed by atoms with Crippen LogP contribution in [0.3, 0.4) is 0 Å². The molecule has 198 valence electrons. The number of carbonyl (C=O) groups is 3. The zero-order valence-corrected chi connectivity index (χ0v) is 21.9. The van der Waals surface area contributed by atoms with E-state index in [0.29, 0.717) is 38.5 Å². The molecule has 7 nitrogen and oxygen atoms in total. The minimum atomic E-state index is -0.676. The highest BCUT2D eigenvalue weighted by Crippen LogP contribution is 2.60. The fraction of sp³-hybridized carbons (Fsp3) is 0.700. The summed E-state index contributed by atoms with van der Waals surface area (Å²) in [5.41, 5.74) is 0.213. The number of nitrogens with zero attached hydrogens (tertiary/aromatic N) is 4. The molecular weight excluding hydrogens is 464 g/mol. The molecule has 1 spiro atoms. The maximum absolute atomic E-state index is 14.0. The van der Waals surface area contributed by atoms with E-state index in [1.807, 2.05) is 23.1 Å². The van der Waals surface area contributed by atoms with Gasteiger partial charge in [-0.2, -0.15) is 0 Å². The van der Waals surface area contributed by atoms with E-state index in [2.05, 4.69) is 21.9 Å². The average Bonchev–Trinajstić information content (AvgIpc) is 3.53. The van der Waals surface area contributed by atoms with Gasteiger partial charge in [0.05, 0.1) is 12.1 Å². The number of para-hydroxylation sites is 1. The summed E-state index contributed by atoms with van der Waals surface area (Å²) in [4.78, 5) is 49.0. The fourth-order valence-corrected chi connectivity index (χ4v) is 9.34. The zero-order chi connectivity index (χ0) is 25.2. The Labute approximate surface area is 220 Å². The van der Waals surface area contributed by atoms with Crippen LogP contribution in [0, 0.1) is 23.2 Å². The molecule has 8 rings (SSSR count). The first kappa shape index (κ1) is 23.5. The van der Waals surface area contributed by atoms with Crippen molar-refractivity contribution in [1.82, 2.24) is 14.7 Å². The molecule has 0 aromatic heterocycles. The highest BCUT2D eigenvalue weighted by molar-refractivity contribution is 5.96. The van der Waals surface area contributed by atoms with Crippen molar-refractivity contribution < 1.29 is 14.4 Å². The molecule has 7 aliphatic rings. The van der Waals surface area contributed by atoms with Gasteiger partial charge in [0.15, 0.2) is 0 Å². The summed E-state index contributed by atoms with van der Waals surface area (Å²) in [5.74, 6) is 2.74. The van der Waals surface area contributed by atoms with Gasteiger partial charge in [0.25, 0.3) is 5.91 Å². The lowest BCUT2D eigenvalue weighted by Gasteiger charge is -2.57. The quantitative estimate of drug-likeness (QED) is 0.630. The summed E-state index contributed by atoms with van der Waals surface area (Å²) >= 11 is 0. The van der Waals surface area contributed by atoms with Gasteiger partial charge in [-0.1, -0.05) is 18.2 Å². The second-order valence-corrected chi connectivity index (χ2v) is 13.0. The molecule has 4 saturated carbocycles. The molecule has 0 atom stereocenters.